The molecular weight excluding hydrogens is 174 g/mol. The van der Waals surface area contributed by atoms with Gasteiger partial charge in [0.25, 0.3) is 0 Å². The van der Waals surface area contributed by atoms with Crippen LogP contribution in [0.2, 0.25) is 0 Å². The van der Waals surface area contributed by atoms with Gasteiger partial charge in [-0.05, 0) is 37.8 Å². The van der Waals surface area contributed by atoms with Gasteiger partial charge in [0, 0.05) is 6.04 Å². The Hall–Kier alpha value is -0.0800. The number of aliphatic hydroxyl groups excluding tert-OH is 1. The zero-order valence-corrected chi connectivity index (χ0v) is 9.92. The minimum Gasteiger partial charge on any atom is -0.395 e. The van der Waals surface area contributed by atoms with E-state index < -0.39 is 0 Å². The molecule has 1 saturated heterocycles. The van der Waals surface area contributed by atoms with Crippen molar-refractivity contribution in [1.82, 2.24) is 4.90 Å². The molecule has 0 saturated carbocycles. The van der Waals surface area contributed by atoms with Gasteiger partial charge in [-0.2, -0.15) is 0 Å². The topological polar surface area (TPSA) is 23.5 Å². The van der Waals surface area contributed by atoms with Gasteiger partial charge in [-0.1, -0.05) is 27.2 Å². The Bertz CT molecular complexity index is 162. The number of likely N-dealkylation sites (tertiary alicyclic amines) is 1. The van der Waals surface area contributed by atoms with Gasteiger partial charge in [0.1, 0.15) is 0 Å². The summed E-state index contributed by atoms with van der Waals surface area (Å²) in [5, 5.41) is 9.25. The lowest BCUT2D eigenvalue weighted by Crippen LogP contribution is -2.43. The Kier molecular flexibility index (Phi) is 4.39. The van der Waals surface area contributed by atoms with E-state index in [1.54, 1.807) is 0 Å². The first-order chi connectivity index (χ1) is 6.53. The first kappa shape index (κ1) is 12.0. The zero-order valence-electron chi connectivity index (χ0n) is 9.92. The molecule has 0 aliphatic carbocycles. The molecule has 1 unspecified atom stereocenters. The standard InChI is InChI=1S/C12H25NO/c1-12(2,3)7-9-13-8-5-4-6-11(13)10-14/h11,14H,4-10H2,1-3H3. The van der Waals surface area contributed by atoms with Crippen LogP contribution in [0, 0.1) is 5.41 Å². The van der Waals surface area contributed by atoms with Crippen LogP contribution < -0.4 is 0 Å². The third-order valence-electron chi connectivity index (χ3n) is 3.11. The highest BCUT2D eigenvalue weighted by molar-refractivity contribution is 4.77. The lowest BCUT2D eigenvalue weighted by Gasteiger charge is -2.36. The van der Waals surface area contributed by atoms with E-state index in [2.05, 4.69) is 25.7 Å². The van der Waals surface area contributed by atoms with E-state index in [1.807, 2.05) is 0 Å². The zero-order chi connectivity index (χ0) is 10.6. The molecule has 0 aromatic heterocycles. The van der Waals surface area contributed by atoms with E-state index in [1.165, 1.54) is 32.2 Å². The average Bonchev–Trinajstić information content (AvgIpc) is 2.14. The minimum absolute atomic E-state index is 0.337. The Balaban J connectivity index is 2.33. The Morgan fingerprint density at radius 2 is 2.00 bits per heavy atom. The van der Waals surface area contributed by atoms with Crippen molar-refractivity contribution in [3.63, 3.8) is 0 Å². The maximum absolute atomic E-state index is 9.25. The van der Waals surface area contributed by atoms with Gasteiger partial charge in [0.2, 0.25) is 0 Å². The minimum atomic E-state index is 0.337. The molecule has 1 fully saturated rings. The molecule has 2 heteroatoms. The molecule has 0 aromatic rings. The highest BCUT2D eigenvalue weighted by Crippen LogP contribution is 2.22. The molecule has 1 rings (SSSR count). The fourth-order valence-corrected chi connectivity index (χ4v) is 2.04. The van der Waals surface area contributed by atoms with Crippen LogP contribution in [0.15, 0.2) is 0 Å². The first-order valence-electron chi connectivity index (χ1n) is 5.88. The normalized spacial score (nSPS) is 25.3. The van der Waals surface area contributed by atoms with Crippen LogP contribution in [0.3, 0.4) is 0 Å². The molecule has 0 bridgehead atoms. The lowest BCUT2D eigenvalue weighted by molar-refractivity contribution is 0.0803. The van der Waals surface area contributed by atoms with Crippen LogP contribution >= 0.6 is 0 Å². The van der Waals surface area contributed by atoms with Crippen molar-refractivity contribution in [1.29, 1.82) is 0 Å². The second kappa shape index (κ2) is 5.13. The van der Waals surface area contributed by atoms with Crippen molar-refractivity contribution in [2.45, 2.75) is 52.5 Å². The number of aliphatic hydroxyl groups is 1. The van der Waals surface area contributed by atoms with E-state index >= 15 is 0 Å². The summed E-state index contributed by atoms with van der Waals surface area (Å²) in [4.78, 5) is 2.47. The third-order valence-corrected chi connectivity index (χ3v) is 3.11. The molecule has 0 spiro atoms. The van der Waals surface area contributed by atoms with Crippen molar-refractivity contribution in [2.24, 2.45) is 5.41 Å². The molecule has 2 nitrogen and oxygen atoms in total. The molecule has 0 amide bonds. The molecule has 1 atom stereocenters. The van der Waals surface area contributed by atoms with Crippen LogP contribution in [0.1, 0.15) is 46.5 Å². The molecule has 84 valence electrons. The van der Waals surface area contributed by atoms with Gasteiger partial charge in [-0.15, -0.1) is 0 Å². The van der Waals surface area contributed by atoms with Gasteiger partial charge >= 0.3 is 0 Å². The van der Waals surface area contributed by atoms with Crippen LogP contribution in [-0.2, 0) is 0 Å². The highest BCUT2D eigenvalue weighted by Gasteiger charge is 2.22. The fraction of sp³-hybridized carbons (Fsp3) is 1.00. The molecule has 1 aliphatic heterocycles. The van der Waals surface area contributed by atoms with Gasteiger partial charge in [0.15, 0.2) is 0 Å². The number of hydrogen-bond donors (Lipinski definition) is 1. The number of piperidine rings is 1. The molecule has 14 heavy (non-hydrogen) atoms. The maximum Gasteiger partial charge on any atom is 0.0586 e. The summed E-state index contributed by atoms with van der Waals surface area (Å²) < 4.78 is 0. The predicted molar refractivity (Wildman–Crippen MR) is 60.4 cm³/mol. The van der Waals surface area contributed by atoms with E-state index in [9.17, 15) is 5.11 Å². The number of nitrogens with zero attached hydrogens (tertiary/aromatic N) is 1. The monoisotopic (exact) mass is 199 g/mol. The van der Waals surface area contributed by atoms with E-state index in [0.29, 0.717) is 18.1 Å². The van der Waals surface area contributed by atoms with Gasteiger partial charge in [-0.3, -0.25) is 4.90 Å². The number of rotatable bonds is 3. The Morgan fingerprint density at radius 3 is 2.57 bits per heavy atom. The fourth-order valence-electron chi connectivity index (χ4n) is 2.04. The Morgan fingerprint density at radius 1 is 1.29 bits per heavy atom. The summed E-state index contributed by atoms with van der Waals surface area (Å²) in [7, 11) is 0. The Labute approximate surface area is 88.3 Å². The quantitative estimate of drug-likeness (QED) is 0.753. The van der Waals surface area contributed by atoms with Gasteiger partial charge in [-0.25, -0.2) is 0 Å². The van der Waals surface area contributed by atoms with Crippen LogP contribution in [0.25, 0.3) is 0 Å². The maximum atomic E-state index is 9.25. The summed E-state index contributed by atoms with van der Waals surface area (Å²) >= 11 is 0. The van der Waals surface area contributed by atoms with Crippen molar-refractivity contribution < 1.29 is 5.11 Å². The highest BCUT2D eigenvalue weighted by atomic mass is 16.3. The second-order valence-corrected chi connectivity index (χ2v) is 5.68. The second-order valence-electron chi connectivity index (χ2n) is 5.68. The largest absolute Gasteiger partial charge is 0.395 e. The van der Waals surface area contributed by atoms with Crippen LogP contribution in [0.5, 0.6) is 0 Å². The summed E-state index contributed by atoms with van der Waals surface area (Å²) in [5.74, 6) is 0. The average molecular weight is 199 g/mol. The predicted octanol–water partition coefficient (Wildman–Crippen LogP) is 2.27. The van der Waals surface area contributed by atoms with Crippen LogP contribution in [-0.4, -0.2) is 35.7 Å². The van der Waals surface area contributed by atoms with Gasteiger partial charge in [0.05, 0.1) is 6.61 Å². The van der Waals surface area contributed by atoms with E-state index in [0.717, 1.165) is 6.54 Å². The summed E-state index contributed by atoms with van der Waals surface area (Å²) in [5.41, 5.74) is 0.414. The molecule has 1 aliphatic rings. The van der Waals surface area contributed by atoms with Crippen LogP contribution in [0.4, 0.5) is 0 Å². The van der Waals surface area contributed by atoms with Crippen molar-refractivity contribution >= 4 is 0 Å². The third kappa shape index (κ3) is 3.97. The molecule has 0 aromatic carbocycles. The van der Waals surface area contributed by atoms with Gasteiger partial charge < -0.3 is 5.11 Å². The molecule has 0 radical (unpaired) electrons. The van der Waals surface area contributed by atoms with E-state index in [4.69, 9.17) is 0 Å². The SMILES string of the molecule is CC(C)(C)CCN1CCCCC1CO. The summed E-state index contributed by atoms with van der Waals surface area (Å²) in [6.45, 7) is 9.51. The summed E-state index contributed by atoms with van der Waals surface area (Å²) in [6, 6.07) is 0.436. The molecular formula is C12H25NO. The molecule has 1 heterocycles. The van der Waals surface area contributed by atoms with Crippen molar-refractivity contribution in [3.05, 3.63) is 0 Å². The van der Waals surface area contributed by atoms with E-state index in [-0.39, 0.29) is 0 Å². The van der Waals surface area contributed by atoms with Crippen molar-refractivity contribution in [3.8, 4) is 0 Å². The van der Waals surface area contributed by atoms with Crippen molar-refractivity contribution in [2.75, 3.05) is 19.7 Å². The summed E-state index contributed by atoms with van der Waals surface area (Å²) in [6.07, 6.45) is 5.00. The number of hydrogen-bond acceptors (Lipinski definition) is 2. The molecule has 1 N–H and O–H groups in total. The smallest absolute Gasteiger partial charge is 0.0586 e. The first-order valence-corrected chi connectivity index (χ1v) is 5.88. The lowest BCUT2D eigenvalue weighted by atomic mass is 9.91.